The molecule has 96 valence electrons. The zero-order valence-corrected chi connectivity index (χ0v) is 11.0. The van der Waals surface area contributed by atoms with E-state index in [1.54, 1.807) is 7.11 Å². The van der Waals surface area contributed by atoms with Crippen molar-refractivity contribution in [1.29, 1.82) is 0 Å². The van der Waals surface area contributed by atoms with Gasteiger partial charge in [-0.2, -0.15) is 0 Å². The van der Waals surface area contributed by atoms with E-state index in [1.807, 2.05) is 32.0 Å². The highest BCUT2D eigenvalue weighted by atomic mass is 16.5. The summed E-state index contributed by atoms with van der Waals surface area (Å²) in [5.74, 6) is 0. The van der Waals surface area contributed by atoms with Gasteiger partial charge in [-0.15, -0.1) is 0 Å². The standard InChI is InChI=1S/C14H23NO2/c1-12(13(2)16)15(9-10-17-3)11-14-7-5-4-6-8-14/h4-8,12-13,16H,9-11H2,1-3H3. The lowest BCUT2D eigenvalue weighted by Crippen LogP contribution is -2.41. The van der Waals surface area contributed by atoms with Crippen LogP contribution in [-0.2, 0) is 11.3 Å². The topological polar surface area (TPSA) is 32.7 Å². The van der Waals surface area contributed by atoms with E-state index in [0.717, 1.165) is 13.1 Å². The van der Waals surface area contributed by atoms with Crippen LogP contribution in [0.25, 0.3) is 0 Å². The van der Waals surface area contributed by atoms with Crippen molar-refractivity contribution in [3.8, 4) is 0 Å². The second kappa shape index (κ2) is 7.43. The Morgan fingerprint density at radius 3 is 2.41 bits per heavy atom. The summed E-state index contributed by atoms with van der Waals surface area (Å²) in [5, 5.41) is 9.69. The molecule has 0 bridgehead atoms. The first-order valence-corrected chi connectivity index (χ1v) is 6.10. The van der Waals surface area contributed by atoms with Gasteiger partial charge < -0.3 is 9.84 Å². The summed E-state index contributed by atoms with van der Waals surface area (Å²) in [7, 11) is 1.70. The van der Waals surface area contributed by atoms with E-state index in [1.165, 1.54) is 5.56 Å². The first kappa shape index (κ1) is 14.2. The van der Waals surface area contributed by atoms with Gasteiger partial charge in [0.1, 0.15) is 0 Å². The number of methoxy groups -OCH3 is 1. The van der Waals surface area contributed by atoms with Crippen molar-refractivity contribution in [3.63, 3.8) is 0 Å². The summed E-state index contributed by atoms with van der Waals surface area (Å²) in [4.78, 5) is 2.24. The van der Waals surface area contributed by atoms with Crippen LogP contribution in [0.4, 0.5) is 0 Å². The molecule has 2 unspecified atom stereocenters. The van der Waals surface area contributed by atoms with E-state index < -0.39 is 0 Å². The number of hydrogen-bond acceptors (Lipinski definition) is 3. The highest BCUT2D eigenvalue weighted by molar-refractivity contribution is 5.14. The fraction of sp³-hybridized carbons (Fsp3) is 0.571. The molecule has 3 heteroatoms. The minimum Gasteiger partial charge on any atom is -0.392 e. The van der Waals surface area contributed by atoms with Gasteiger partial charge in [0.2, 0.25) is 0 Å². The Bertz CT molecular complexity index is 300. The van der Waals surface area contributed by atoms with E-state index in [9.17, 15) is 5.11 Å². The van der Waals surface area contributed by atoms with Gasteiger partial charge in [-0.25, -0.2) is 0 Å². The van der Waals surface area contributed by atoms with Gasteiger partial charge in [0, 0.05) is 26.2 Å². The minimum absolute atomic E-state index is 0.130. The molecule has 0 amide bonds. The lowest BCUT2D eigenvalue weighted by Gasteiger charge is -2.30. The molecule has 0 fully saturated rings. The van der Waals surface area contributed by atoms with Gasteiger partial charge in [-0.3, -0.25) is 4.90 Å². The quantitative estimate of drug-likeness (QED) is 0.786. The number of ether oxygens (including phenoxy) is 1. The maximum Gasteiger partial charge on any atom is 0.0664 e. The lowest BCUT2D eigenvalue weighted by atomic mass is 10.1. The Kier molecular flexibility index (Phi) is 6.19. The predicted molar refractivity (Wildman–Crippen MR) is 69.9 cm³/mol. The molecule has 1 aromatic carbocycles. The summed E-state index contributed by atoms with van der Waals surface area (Å²) in [5.41, 5.74) is 1.26. The third-order valence-corrected chi connectivity index (χ3v) is 3.09. The predicted octanol–water partition coefficient (Wildman–Crippen LogP) is 1.90. The SMILES string of the molecule is COCCN(Cc1ccccc1)C(C)C(C)O. The molecule has 0 saturated heterocycles. The molecule has 3 nitrogen and oxygen atoms in total. The number of rotatable bonds is 7. The van der Waals surface area contributed by atoms with E-state index in [-0.39, 0.29) is 12.1 Å². The third kappa shape index (κ3) is 4.86. The summed E-state index contributed by atoms with van der Waals surface area (Å²) < 4.78 is 5.12. The fourth-order valence-electron chi connectivity index (χ4n) is 1.76. The molecule has 2 atom stereocenters. The Morgan fingerprint density at radius 1 is 1.24 bits per heavy atom. The van der Waals surface area contributed by atoms with Crippen molar-refractivity contribution in [2.75, 3.05) is 20.3 Å². The maximum absolute atomic E-state index is 9.69. The van der Waals surface area contributed by atoms with Crippen LogP contribution in [0.15, 0.2) is 30.3 Å². The van der Waals surface area contributed by atoms with Crippen molar-refractivity contribution >= 4 is 0 Å². The zero-order chi connectivity index (χ0) is 12.7. The summed E-state index contributed by atoms with van der Waals surface area (Å²) >= 11 is 0. The molecule has 0 aliphatic carbocycles. The zero-order valence-electron chi connectivity index (χ0n) is 11.0. The second-order valence-corrected chi connectivity index (χ2v) is 4.43. The molecule has 0 aliphatic rings. The van der Waals surface area contributed by atoms with Gasteiger partial charge in [0.15, 0.2) is 0 Å². The van der Waals surface area contributed by atoms with Crippen LogP contribution in [0.2, 0.25) is 0 Å². The van der Waals surface area contributed by atoms with Crippen LogP contribution >= 0.6 is 0 Å². The fourth-order valence-corrected chi connectivity index (χ4v) is 1.76. The molecule has 17 heavy (non-hydrogen) atoms. The van der Waals surface area contributed by atoms with Crippen molar-refractivity contribution in [1.82, 2.24) is 4.90 Å². The Morgan fingerprint density at radius 2 is 1.88 bits per heavy atom. The second-order valence-electron chi connectivity index (χ2n) is 4.43. The monoisotopic (exact) mass is 237 g/mol. The molecule has 1 aromatic rings. The van der Waals surface area contributed by atoms with Crippen LogP contribution in [0.5, 0.6) is 0 Å². The van der Waals surface area contributed by atoms with Crippen molar-refractivity contribution in [2.45, 2.75) is 32.5 Å². The van der Waals surface area contributed by atoms with E-state index in [0.29, 0.717) is 6.61 Å². The summed E-state index contributed by atoms with van der Waals surface area (Å²) in [6.45, 7) is 6.23. The number of hydrogen-bond donors (Lipinski definition) is 1. The highest BCUT2D eigenvalue weighted by Crippen LogP contribution is 2.10. The molecule has 0 aromatic heterocycles. The van der Waals surface area contributed by atoms with Crippen LogP contribution in [-0.4, -0.2) is 42.4 Å². The van der Waals surface area contributed by atoms with Crippen LogP contribution < -0.4 is 0 Å². The Balaban J connectivity index is 2.63. The third-order valence-electron chi connectivity index (χ3n) is 3.09. The van der Waals surface area contributed by atoms with Crippen molar-refractivity contribution in [2.24, 2.45) is 0 Å². The molecular formula is C14H23NO2. The molecule has 0 aliphatic heterocycles. The molecule has 0 heterocycles. The molecule has 0 saturated carbocycles. The number of benzene rings is 1. The summed E-state index contributed by atoms with van der Waals surface area (Å²) in [6.07, 6.45) is -0.337. The first-order valence-electron chi connectivity index (χ1n) is 6.10. The molecule has 0 radical (unpaired) electrons. The molecule has 1 rings (SSSR count). The van der Waals surface area contributed by atoms with Crippen molar-refractivity contribution in [3.05, 3.63) is 35.9 Å². The number of nitrogens with zero attached hydrogens (tertiary/aromatic N) is 1. The van der Waals surface area contributed by atoms with Crippen LogP contribution in [0.3, 0.4) is 0 Å². The molecule has 1 N–H and O–H groups in total. The van der Waals surface area contributed by atoms with Crippen LogP contribution in [0.1, 0.15) is 19.4 Å². The minimum atomic E-state index is -0.337. The van der Waals surface area contributed by atoms with E-state index in [2.05, 4.69) is 17.0 Å². The number of aliphatic hydroxyl groups excluding tert-OH is 1. The molecule has 0 spiro atoms. The van der Waals surface area contributed by atoms with Gasteiger partial charge in [0.05, 0.1) is 12.7 Å². The largest absolute Gasteiger partial charge is 0.392 e. The highest BCUT2D eigenvalue weighted by Gasteiger charge is 2.18. The van der Waals surface area contributed by atoms with Gasteiger partial charge in [-0.05, 0) is 19.4 Å². The first-order chi connectivity index (χ1) is 8.15. The normalized spacial score (nSPS) is 14.9. The van der Waals surface area contributed by atoms with E-state index >= 15 is 0 Å². The molecular weight excluding hydrogens is 214 g/mol. The smallest absolute Gasteiger partial charge is 0.0664 e. The van der Waals surface area contributed by atoms with Gasteiger partial charge >= 0.3 is 0 Å². The van der Waals surface area contributed by atoms with Crippen molar-refractivity contribution < 1.29 is 9.84 Å². The number of aliphatic hydroxyl groups is 1. The maximum atomic E-state index is 9.69. The van der Waals surface area contributed by atoms with E-state index in [4.69, 9.17) is 4.74 Å². The van der Waals surface area contributed by atoms with Gasteiger partial charge in [-0.1, -0.05) is 30.3 Å². The average molecular weight is 237 g/mol. The van der Waals surface area contributed by atoms with Gasteiger partial charge in [0.25, 0.3) is 0 Å². The Labute approximate surface area is 104 Å². The average Bonchev–Trinajstić information content (AvgIpc) is 2.34. The lowest BCUT2D eigenvalue weighted by molar-refractivity contribution is 0.0473. The Hall–Kier alpha value is -0.900. The summed E-state index contributed by atoms with van der Waals surface area (Å²) in [6, 6.07) is 10.4. The van der Waals surface area contributed by atoms with Crippen LogP contribution in [0, 0.1) is 0 Å².